The van der Waals surface area contributed by atoms with E-state index in [4.69, 9.17) is 4.74 Å². The Balaban J connectivity index is 1.92. The first-order valence-corrected chi connectivity index (χ1v) is 10.4. The van der Waals surface area contributed by atoms with Crippen molar-refractivity contribution in [2.75, 3.05) is 12.0 Å². The zero-order chi connectivity index (χ0) is 25.2. The van der Waals surface area contributed by atoms with Crippen molar-refractivity contribution in [3.63, 3.8) is 0 Å². The number of carbonyl (C=O) groups is 4. The Morgan fingerprint density at radius 1 is 1.18 bits per heavy atom. The van der Waals surface area contributed by atoms with Crippen molar-refractivity contribution in [1.82, 2.24) is 10.4 Å². The molecule has 0 bridgehead atoms. The number of hydrazine groups is 1. The number of nitrogens with one attached hydrogen (secondary N) is 1. The predicted octanol–water partition coefficient (Wildman–Crippen LogP) is 2.37. The van der Waals surface area contributed by atoms with Gasteiger partial charge in [0.05, 0.1) is 29.7 Å². The zero-order valence-corrected chi connectivity index (χ0v) is 19.1. The Bertz CT molecular complexity index is 1160. The summed E-state index contributed by atoms with van der Waals surface area (Å²) in [6.45, 7) is 4.76. The van der Waals surface area contributed by atoms with Crippen LogP contribution < -0.4 is 15.1 Å². The number of amides is 4. The summed E-state index contributed by atoms with van der Waals surface area (Å²) in [4.78, 5) is 63.3. The number of hydrogen-bond acceptors (Lipinski definition) is 7. The average Bonchev–Trinajstić information content (AvgIpc) is 3.10. The summed E-state index contributed by atoms with van der Waals surface area (Å²) in [5.41, 5.74) is 2.82. The average molecular weight is 468 g/mol. The Labute approximate surface area is 195 Å². The number of rotatable bonds is 6. The van der Waals surface area contributed by atoms with Crippen LogP contribution in [0.15, 0.2) is 42.5 Å². The number of hydrogen-bond donors (Lipinski definition) is 1. The predicted molar refractivity (Wildman–Crippen MR) is 121 cm³/mol. The van der Waals surface area contributed by atoms with Gasteiger partial charge in [-0.25, -0.2) is 9.91 Å². The molecule has 178 valence electrons. The van der Waals surface area contributed by atoms with Gasteiger partial charge in [-0.15, -0.1) is 0 Å². The van der Waals surface area contributed by atoms with Gasteiger partial charge in [0.2, 0.25) is 11.8 Å². The largest absolute Gasteiger partial charge is 0.497 e. The number of anilines is 1. The Morgan fingerprint density at radius 3 is 2.38 bits per heavy atom. The molecule has 1 heterocycles. The van der Waals surface area contributed by atoms with Crippen LogP contribution in [0.2, 0.25) is 0 Å². The lowest BCUT2D eigenvalue weighted by Gasteiger charge is -2.29. The molecule has 11 nitrogen and oxygen atoms in total. The quantitative estimate of drug-likeness (QED) is 0.390. The minimum Gasteiger partial charge on any atom is -0.497 e. The van der Waals surface area contributed by atoms with Gasteiger partial charge < -0.3 is 4.74 Å². The van der Waals surface area contributed by atoms with Crippen molar-refractivity contribution in [3.8, 4) is 5.75 Å². The first-order valence-electron chi connectivity index (χ1n) is 10.4. The highest BCUT2D eigenvalue weighted by Gasteiger charge is 2.45. The van der Waals surface area contributed by atoms with Gasteiger partial charge in [0.25, 0.3) is 17.5 Å². The molecule has 1 N–H and O–H groups in total. The van der Waals surface area contributed by atoms with Crippen molar-refractivity contribution in [3.05, 3.63) is 63.7 Å². The smallest absolute Gasteiger partial charge is 0.270 e. The molecule has 11 heteroatoms. The second-order valence-corrected chi connectivity index (χ2v) is 8.05. The highest BCUT2D eigenvalue weighted by molar-refractivity contribution is 6.23. The van der Waals surface area contributed by atoms with Crippen LogP contribution in [0.1, 0.15) is 36.2 Å². The van der Waals surface area contributed by atoms with Gasteiger partial charge in [0.15, 0.2) is 0 Å². The van der Waals surface area contributed by atoms with Crippen LogP contribution in [-0.4, -0.2) is 46.7 Å². The monoisotopic (exact) mass is 468 g/mol. The lowest BCUT2D eigenvalue weighted by molar-refractivity contribution is -0.384. The Kier molecular flexibility index (Phi) is 6.94. The maximum absolute atomic E-state index is 13.2. The van der Waals surface area contributed by atoms with Crippen LogP contribution in [0, 0.1) is 23.0 Å². The van der Waals surface area contributed by atoms with Gasteiger partial charge in [-0.05, 0) is 36.8 Å². The maximum Gasteiger partial charge on any atom is 0.270 e. The van der Waals surface area contributed by atoms with Crippen LogP contribution >= 0.6 is 0 Å². The SMILES string of the molecule is COc1ccc(N2C(=O)CC(N(NC(=O)c3cc([N+](=O)[O-])ccc3C)C(=O)C(C)C)C2=O)cc1. The van der Waals surface area contributed by atoms with Gasteiger partial charge >= 0.3 is 0 Å². The Hall–Kier alpha value is -4.28. The lowest BCUT2D eigenvalue weighted by Crippen LogP contribution is -2.56. The molecule has 0 radical (unpaired) electrons. The van der Waals surface area contributed by atoms with Crippen molar-refractivity contribution in [2.24, 2.45) is 5.92 Å². The van der Waals surface area contributed by atoms with E-state index in [9.17, 15) is 29.3 Å². The molecule has 1 atom stereocenters. The zero-order valence-electron chi connectivity index (χ0n) is 19.1. The third kappa shape index (κ3) is 4.72. The molecule has 34 heavy (non-hydrogen) atoms. The molecule has 2 aromatic carbocycles. The fraction of sp³-hybridized carbons (Fsp3) is 0.304. The minimum absolute atomic E-state index is 0.0282. The standard InChI is InChI=1S/C23H24N4O7/c1-13(2)22(30)26(24-21(29)18-11-16(27(32)33)6-5-14(18)3)19-12-20(28)25(23(19)31)15-7-9-17(34-4)10-8-15/h5-11,13,19H,12H2,1-4H3,(H,24,29). The molecule has 0 spiro atoms. The fourth-order valence-corrected chi connectivity index (χ4v) is 3.52. The van der Waals surface area contributed by atoms with E-state index in [2.05, 4.69) is 5.43 Å². The van der Waals surface area contributed by atoms with E-state index in [1.165, 1.54) is 31.4 Å². The van der Waals surface area contributed by atoms with E-state index in [-0.39, 0.29) is 17.7 Å². The number of nitro groups is 1. The van der Waals surface area contributed by atoms with E-state index in [0.717, 1.165) is 16.0 Å². The van der Waals surface area contributed by atoms with Crippen LogP contribution in [0.4, 0.5) is 11.4 Å². The van der Waals surface area contributed by atoms with Gasteiger partial charge in [0.1, 0.15) is 11.8 Å². The number of aryl methyl sites for hydroxylation is 1. The molecule has 1 unspecified atom stereocenters. The molecule has 3 rings (SSSR count). The molecule has 0 aromatic heterocycles. The number of benzene rings is 2. The molecule has 1 aliphatic heterocycles. The molecule has 0 aliphatic carbocycles. The lowest BCUT2D eigenvalue weighted by atomic mass is 10.1. The molecular formula is C23H24N4O7. The molecule has 1 saturated heterocycles. The molecule has 2 aromatic rings. The topological polar surface area (TPSA) is 139 Å². The molecule has 1 aliphatic rings. The third-order valence-electron chi connectivity index (χ3n) is 5.40. The van der Waals surface area contributed by atoms with E-state index < -0.39 is 40.5 Å². The van der Waals surface area contributed by atoms with Crippen LogP contribution in [0.5, 0.6) is 5.75 Å². The van der Waals surface area contributed by atoms with Gasteiger partial charge in [-0.3, -0.25) is 34.7 Å². The van der Waals surface area contributed by atoms with Crippen molar-refractivity contribution in [1.29, 1.82) is 0 Å². The number of non-ortho nitro benzene ring substituents is 1. The first kappa shape index (κ1) is 24.4. The summed E-state index contributed by atoms with van der Waals surface area (Å²) in [5.74, 6) is -2.68. The highest BCUT2D eigenvalue weighted by atomic mass is 16.6. The van der Waals surface area contributed by atoms with Crippen LogP contribution in [-0.2, 0) is 14.4 Å². The van der Waals surface area contributed by atoms with Gasteiger partial charge in [-0.2, -0.15) is 0 Å². The maximum atomic E-state index is 13.2. The summed E-state index contributed by atoms with van der Waals surface area (Å²) in [6, 6.07) is 8.75. The number of methoxy groups -OCH3 is 1. The van der Waals surface area contributed by atoms with Crippen molar-refractivity contribution < 1.29 is 28.8 Å². The normalized spacial score (nSPS) is 15.4. The van der Waals surface area contributed by atoms with Crippen LogP contribution in [0.3, 0.4) is 0 Å². The summed E-state index contributed by atoms with van der Waals surface area (Å²) >= 11 is 0. The number of imide groups is 1. The first-order chi connectivity index (χ1) is 16.0. The molecular weight excluding hydrogens is 444 g/mol. The van der Waals surface area contributed by atoms with Gasteiger partial charge in [-0.1, -0.05) is 19.9 Å². The van der Waals surface area contributed by atoms with Crippen molar-refractivity contribution >= 4 is 35.0 Å². The second kappa shape index (κ2) is 9.69. The summed E-state index contributed by atoms with van der Waals surface area (Å²) < 4.78 is 5.09. The molecule has 4 amide bonds. The van der Waals surface area contributed by atoms with Crippen LogP contribution in [0.25, 0.3) is 0 Å². The molecule has 0 saturated carbocycles. The number of nitro benzene ring substituents is 1. The second-order valence-electron chi connectivity index (χ2n) is 8.05. The Morgan fingerprint density at radius 2 is 1.82 bits per heavy atom. The van der Waals surface area contributed by atoms with Crippen molar-refractivity contribution in [2.45, 2.75) is 33.2 Å². The van der Waals surface area contributed by atoms with E-state index in [0.29, 0.717) is 17.0 Å². The summed E-state index contributed by atoms with van der Waals surface area (Å²) in [6.07, 6.45) is -0.336. The van der Waals surface area contributed by atoms with Gasteiger partial charge in [0, 0.05) is 18.1 Å². The summed E-state index contributed by atoms with van der Waals surface area (Å²) in [7, 11) is 1.48. The minimum atomic E-state index is -1.27. The number of ether oxygens (including phenoxy) is 1. The van der Waals surface area contributed by atoms with E-state index in [1.54, 1.807) is 32.9 Å². The van der Waals surface area contributed by atoms with E-state index in [1.807, 2.05) is 0 Å². The third-order valence-corrected chi connectivity index (χ3v) is 5.40. The number of carbonyl (C=O) groups excluding carboxylic acids is 4. The molecule has 1 fully saturated rings. The summed E-state index contributed by atoms with van der Waals surface area (Å²) in [5, 5.41) is 12.0. The van der Waals surface area contributed by atoms with E-state index >= 15 is 0 Å². The fourth-order valence-electron chi connectivity index (χ4n) is 3.52. The number of nitrogens with zero attached hydrogens (tertiary/aromatic N) is 3. The highest BCUT2D eigenvalue weighted by Crippen LogP contribution is 2.28.